The number of carbonyl (C=O) groups excluding carboxylic acids is 1. The van der Waals surface area contributed by atoms with Crippen molar-refractivity contribution >= 4 is 33.2 Å². The van der Waals surface area contributed by atoms with Crippen molar-refractivity contribution < 1.29 is 4.79 Å². The fraction of sp³-hybridized carbons (Fsp3) is 0.154. The molecule has 2 heterocycles. The second kappa shape index (κ2) is 4.62. The predicted octanol–water partition coefficient (Wildman–Crippen LogP) is 2.32. The predicted molar refractivity (Wildman–Crippen MR) is 76.0 cm³/mol. The molecule has 0 radical (unpaired) electrons. The van der Waals surface area contributed by atoms with Crippen molar-refractivity contribution in [2.24, 2.45) is 12.1 Å². The summed E-state index contributed by atoms with van der Waals surface area (Å²) in [5, 5.41) is 9.92. The number of halogens is 1. The lowest BCUT2D eigenvalue weighted by molar-refractivity contribution is -0.116. The van der Waals surface area contributed by atoms with Gasteiger partial charge < -0.3 is 0 Å². The molecule has 1 aliphatic heterocycles. The highest BCUT2D eigenvalue weighted by Crippen LogP contribution is 2.24. The second-order valence-corrected chi connectivity index (χ2v) is 5.22. The Kier molecular flexibility index (Phi) is 2.94. The van der Waals surface area contributed by atoms with Crippen molar-refractivity contribution in [3.8, 4) is 0 Å². The fourth-order valence-corrected chi connectivity index (χ4v) is 2.21. The topological polar surface area (TPSA) is 50.5 Å². The first-order valence-corrected chi connectivity index (χ1v) is 6.58. The van der Waals surface area contributed by atoms with Crippen LogP contribution in [0.1, 0.15) is 12.0 Å². The molecule has 0 unspecified atom stereocenters. The lowest BCUT2D eigenvalue weighted by atomic mass is 10.1. The standard InChI is InChI=1S/C13H11BrN4O/c1-17-8-9(7-15-17)12-6-13(19)18(16-12)11-4-2-10(14)3-5-11/h2-5,7-8H,6H2,1H3. The Labute approximate surface area is 118 Å². The van der Waals surface area contributed by atoms with Gasteiger partial charge in [0.1, 0.15) is 0 Å². The third kappa shape index (κ3) is 2.31. The molecule has 19 heavy (non-hydrogen) atoms. The minimum atomic E-state index is -0.0267. The molecule has 1 aliphatic rings. The highest BCUT2D eigenvalue weighted by molar-refractivity contribution is 9.10. The van der Waals surface area contributed by atoms with Crippen LogP contribution in [-0.2, 0) is 11.8 Å². The van der Waals surface area contributed by atoms with Crippen LogP contribution in [0.4, 0.5) is 5.69 Å². The quantitative estimate of drug-likeness (QED) is 0.853. The number of nitrogens with zero attached hydrogens (tertiary/aromatic N) is 4. The molecule has 0 saturated heterocycles. The molecule has 5 nitrogen and oxygen atoms in total. The number of rotatable bonds is 2. The van der Waals surface area contributed by atoms with Crippen molar-refractivity contribution in [3.05, 3.63) is 46.7 Å². The molecule has 0 N–H and O–H groups in total. The van der Waals surface area contributed by atoms with Crippen LogP contribution in [0.25, 0.3) is 0 Å². The van der Waals surface area contributed by atoms with Gasteiger partial charge in [-0.25, -0.2) is 5.01 Å². The molecule has 0 aliphatic carbocycles. The molecule has 0 spiro atoms. The number of hydrazone groups is 1. The zero-order valence-electron chi connectivity index (χ0n) is 10.2. The van der Waals surface area contributed by atoms with Gasteiger partial charge in [0, 0.05) is 23.3 Å². The van der Waals surface area contributed by atoms with Crippen LogP contribution in [0.2, 0.25) is 0 Å². The van der Waals surface area contributed by atoms with Crippen LogP contribution in [0.5, 0.6) is 0 Å². The van der Waals surface area contributed by atoms with E-state index in [-0.39, 0.29) is 5.91 Å². The van der Waals surface area contributed by atoms with Crippen molar-refractivity contribution in [2.75, 3.05) is 5.01 Å². The van der Waals surface area contributed by atoms with Gasteiger partial charge in [0.05, 0.1) is 24.0 Å². The average Bonchev–Trinajstić information content (AvgIpc) is 2.97. The summed E-state index contributed by atoms with van der Waals surface area (Å²) < 4.78 is 2.67. The zero-order chi connectivity index (χ0) is 13.4. The van der Waals surface area contributed by atoms with E-state index in [1.54, 1.807) is 10.9 Å². The SMILES string of the molecule is Cn1cc(C2=NN(c3ccc(Br)cc3)C(=O)C2)cn1. The number of carbonyl (C=O) groups is 1. The maximum atomic E-state index is 12.0. The summed E-state index contributed by atoms with van der Waals surface area (Å²) in [6.07, 6.45) is 3.89. The number of aryl methyl sites for hydroxylation is 1. The molecule has 96 valence electrons. The second-order valence-electron chi connectivity index (χ2n) is 4.31. The summed E-state index contributed by atoms with van der Waals surface area (Å²) in [6.45, 7) is 0. The smallest absolute Gasteiger partial charge is 0.253 e. The number of aromatic nitrogens is 2. The third-order valence-corrected chi connectivity index (χ3v) is 3.41. The summed E-state index contributed by atoms with van der Waals surface area (Å²) in [4.78, 5) is 12.0. The monoisotopic (exact) mass is 318 g/mol. The summed E-state index contributed by atoms with van der Waals surface area (Å²) >= 11 is 3.37. The first-order valence-electron chi connectivity index (χ1n) is 5.78. The molecule has 1 amide bonds. The summed E-state index contributed by atoms with van der Waals surface area (Å²) in [5.41, 5.74) is 2.41. The van der Waals surface area contributed by atoms with Crippen LogP contribution in [0.15, 0.2) is 46.2 Å². The van der Waals surface area contributed by atoms with E-state index in [9.17, 15) is 4.79 Å². The Hall–Kier alpha value is -1.95. The normalized spacial score (nSPS) is 14.9. The molecule has 0 bridgehead atoms. The van der Waals surface area contributed by atoms with E-state index in [0.29, 0.717) is 6.42 Å². The Morgan fingerprint density at radius 2 is 2.00 bits per heavy atom. The van der Waals surface area contributed by atoms with Crippen LogP contribution < -0.4 is 5.01 Å². The van der Waals surface area contributed by atoms with Gasteiger partial charge in [-0.2, -0.15) is 10.2 Å². The Morgan fingerprint density at radius 1 is 1.26 bits per heavy atom. The number of anilines is 1. The molecule has 1 aromatic carbocycles. The van der Waals surface area contributed by atoms with Crippen LogP contribution in [0.3, 0.4) is 0 Å². The lowest BCUT2D eigenvalue weighted by Gasteiger charge is -2.11. The lowest BCUT2D eigenvalue weighted by Crippen LogP contribution is -2.19. The first-order chi connectivity index (χ1) is 9.13. The third-order valence-electron chi connectivity index (χ3n) is 2.88. The Morgan fingerprint density at radius 3 is 2.63 bits per heavy atom. The van der Waals surface area contributed by atoms with Crippen LogP contribution in [-0.4, -0.2) is 21.4 Å². The van der Waals surface area contributed by atoms with Gasteiger partial charge in [0.2, 0.25) is 0 Å². The highest BCUT2D eigenvalue weighted by atomic mass is 79.9. The van der Waals surface area contributed by atoms with Gasteiger partial charge >= 0.3 is 0 Å². The molecule has 3 rings (SSSR count). The maximum absolute atomic E-state index is 12.0. The maximum Gasteiger partial charge on any atom is 0.253 e. The number of amides is 1. The number of benzene rings is 1. The first kappa shape index (κ1) is 12.1. The van der Waals surface area contributed by atoms with Crippen molar-refractivity contribution in [3.63, 3.8) is 0 Å². The van der Waals surface area contributed by atoms with E-state index in [2.05, 4.69) is 26.1 Å². The van der Waals surface area contributed by atoms with E-state index in [1.807, 2.05) is 37.5 Å². The molecule has 0 atom stereocenters. The van der Waals surface area contributed by atoms with Crippen LogP contribution in [0, 0.1) is 0 Å². The average molecular weight is 319 g/mol. The summed E-state index contributed by atoms with van der Waals surface area (Å²) in [5.74, 6) is -0.0267. The van der Waals surface area contributed by atoms with Gasteiger partial charge in [0.15, 0.2) is 0 Å². The highest BCUT2D eigenvalue weighted by Gasteiger charge is 2.26. The molecule has 1 aromatic heterocycles. The van der Waals surface area contributed by atoms with E-state index < -0.39 is 0 Å². The summed E-state index contributed by atoms with van der Waals surface area (Å²) in [7, 11) is 1.84. The molecular formula is C13H11BrN4O. The molecule has 0 saturated carbocycles. The van der Waals surface area contributed by atoms with Crippen molar-refractivity contribution in [1.29, 1.82) is 0 Å². The zero-order valence-corrected chi connectivity index (χ0v) is 11.8. The molecule has 6 heteroatoms. The summed E-state index contributed by atoms with van der Waals surface area (Å²) in [6, 6.07) is 7.50. The van der Waals surface area contributed by atoms with Gasteiger partial charge in [-0.1, -0.05) is 15.9 Å². The van der Waals surface area contributed by atoms with Crippen molar-refractivity contribution in [2.45, 2.75) is 6.42 Å². The Balaban J connectivity index is 1.93. The molecule has 2 aromatic rings. The molecular weight excluding hydrogens is 308 g/mol. The van der Waals surface area contributed by atoms with Gasteiger partial charge in [0.25, 0.3) is 5.91 Å². The Bertz CT molecular complexity index is 660. The minimum absolute atomic E-state index is 0.0267. The van der Waals surface area contributed by atoms with E-state index in [1.165, 1.54) is 5.01 Å². The van der Waals surface area contributed by atoms with Gasteiger partial charge in [-0.15, -0.1) is 0 Å². The van der Waals surface area contributed by atoms with E-state index >= 15 is 0 Å². The van der Waals surface area contributed by atoms with Crippen molar-refractivity contribution in [1.82, 2.24) is 9.78 Å². The van der Waals surface area contributed by atoms with Crippen LogP contribution >= 0.6 is 15.9 Å². The minimum Gasteiger partial charge on any atom is -0.275 e. The fourth-order valence-electron chi connectivity index (χ4n) is 1.94. The van der Waals surface area contributed by atoms with Gasteiger partial charge in [-0.3, -0.25) is 9.48 Å². The van der Waals surface area contributed by atoms with E-state index in [0.717, 1.165) is 21.4 Å². The van der Waals surface area contributed by atoms with E-state index in [4.69, 9.17) is 0 Å². The largest absolute Gasteiger partial charge is 0.275 e. The number of hydrogen-bond donors (Lipinski definition) is 0. The van der Waals surface area contributed by atoms with Gasteiger partial charge in [-0.05, 0) is 24.3 Å². The molecule has 0 fully saturated rings. The number of hydrogen-bond acceptors (Lipinski definition) is 3.